The highest BCUT2D eigenvalue weighted by Crippen LogP contribution is 2.20. The van der Waals surface area contributed by atoms with Crippen LogP contribution in [-0.4, -0.2) is 16.8 Å². The number of nitrogens with zero attached hydrogens (tertiary/aromatic N) is 1. The number of carbonyl (C=O) groups excluding carboxylic acids is 1. The summed E-state index contributed by atoms with van der Waals surface area (Å²) >= 11 is 0. The minimum atomic E-state index is -0.0947. The van der Waals surface area contributed by atoms with E-state index in [4.69, 9.17) is 6.92 Å². The molecule has 0 N–H and O–H groups in total. The smallest absolute Gasteiger partial charge is 0.223 e. The third-order valence-electron chi connectivity index (χ3n) is 2.57. The molecule has 1 aliphatic heterocycles. The Morgan fingerprint density at radius 1 is 1.36 bits per heavy atom. The average Bonchev–Trinajstić information content (AvgIpc) is 2.51. The number of rotatable bonds is 2. The fourth-order valence-corrected chi connectivity index (χ4v) is 1.74. The van der Waals surface area contributed by atoms with E-state index in [1.807, 2.05) is 30.3 Å². The quantitative estimate of drug-likeness (QED) is 0.692. The van der Waals surface area contributed by atoms with E-state index in [-0.39, 0.29) is 11.9 Å². The first kappa shape index (κ1) is 9.25. The molecule has 1 aromatic rings. The van der Waals surface area contributed by atoms with E-state index in [1.165, 1.54) is 0 Å². The third-order valence-corrected chi connectivity index (χ3v) is 2.57. The molecule has 2 radical (unpaired) electrons. The summed E-state index contributed by atoms with van der Waals surface area (Å²) in [6.45, 7) is 6.46. The standard InChI is InChI=1S/C12H13NO/c1-10-7-8-12(14)13(10)9-11-5-3-2-4-6-11/h1-6,10H,7-9H2/t10-/m1/s1. The molecule has 2 rings (SSSR count). The third kappa shape index (κ3) is 1.79. The van der Waals surface area contributed by atoms with Crippen molar-refractivity contribution in [3.63, 3.8) is 0 Å². The summed E-state index contributed by atoms with van der Waals surface area (Å²) in [5, 5.41) is 0. The molecule has 2 nitrogen and oxygen atoms in total. The van der Waals surface area contributed by atoms with Crippen LogP contribution in [0.3, 0.4) is 0 Å². The lowest BCUT2D eigenvalue weighted by Crippen LogP contribution is -2.30. The molecule has 1 saturated heterocycles. The van der Waals surface area contributed by atoms with Gasteiger partial charge in [-0.2, -0.15) is 0 Å². The molecule has 0 saturated carbocycles. The number of hydrogen-bond acceptors (Lipinski definition) is 1. The van der Waals surface area contributed by atoms with Crippen molar-refractivity contribution < 1.29 is 4.79 Å². The van der Waals surface area contributed by atoms with Crippen molar-refractivity contribution in [3.05, 3.63) is 42.8 Å². The van der Waals surface area contributed by atoms with Crippen molar-refractivity contribution in [2.75, 3.05) is 0 Å². The Hall–Kier alpha value is -1.31. The van der Waals surface area contributed by atoms with Crippen LogP contribution in [0.25, 0.3) is 0 Å². The number of hydrogen-bond donors (Lipinski definition) is 0. The van der Waals surface area contributed by atoms with Crippen LogP contribution in [0.4, 0.5) is 0 Å². The molecule has 2 heteroatoms. The molecule has 1 heterocycles. The van der Waals surface area contributed by atoms with Crippen LogP contribution >= 0.6 is 0 Å². The molecule has 1 atom stereocenters. The van der Waals surface area contributed by atoms with Crippen molar-refractivity contribution in [1.29, 1.82) is 0 Å². The van der Waals surface area contributed by atoms with Gasteiger partial charge in [-0.25, -0.2) is 0 Å². The normalized spacial score (nSPS) is 21.6. The maximum absolute atomic E-state index is 11.4. The number of likely N-dealkylation sites (tertiary alicyclic amines) is 1. The van der Waals surface area contributed by atoms with E-state index in [9.17, 15) is 4.79 Å². The maximum atomic E-state index is 11.4. The van der Waals surface area contributed by atoms with E-state index < -0.39 is 0 Å². The molecule has 14 heavy (non-hydrogen) atoms. The van der Waals surface area contributed by atoms with Crippen molar-refractivity contribution >= 4 is 5.91 Å². The van der Waals surface area contributed by atoms with Gasteiger partial charge in [-0.3, -0.25) is 4.79 Å². The fourth-order valence-electron chi connectivity index (χ4n) is 1.74. The Bertz CT molecular complexity index is 320. The lowest BCUT2D eigenvalue weighted by molar-refractivity contribution is -0.129. The largest absolute Gasteiger partial charge is 0.335 e. The van der Waals surface area contributed by atoms with Crippen LogP contribution in [0.5, 0.6) is 0 Å². The zero-order valence-electron chi connectivity index (χ0n) is 8.02. The van der Waals surface area contributed by atoms with Crippen molar-refractivity contribution in [1.82, 2.24) is 4.90 Å². The summed E-state index contributed by atoms with van der Waals surface area (Å²) in [5.74, 6) is 0.168. The van der Waals surface area contributed by atoms with Gasteiger partial charge in [0.25, 0.3) is 0 Å². The molecule has 1 aromatic carbocycles. The summed E-state index contributed by atoms with van der Waals surface area (Å²) in [6, 6.07) is 9.84. The highest BCUT2D eigenvalue weighted by Gasteiger charge is 2.27. The average molecular weight is 187 g/mol. The molecule has 0 aromatic heterocycles. The van der Waals surface area contributed by atoms with Crippen LogP contribution in [0.2, 0.25) is 0 Å². The van der Waals surface area contributed by atoms with Crippen molar-refractivity contribution in [2.45, 2.75) is 25.4 Å². The minimum absolute atomic E-state index is 0.0947. The van der Waals surface area contributed by atoms with E-state index in [0.717, 1.165) is 12.0 Å². The molecule has 1 aliphatic rings. The molecule has 1 amide bonds. The van der Waals surface area contributed by atoms with Crippen LogP contribution in [0.1, 0.15) is 18.4 Å². The summed E-state index contributed by atoms with van der Waals surface area (Å²) in [7, 11) is 0. The number of benzene rings is 1. The highest BCUT2D eigenvalue weighted by atomic mass is 16.2. The molecule has 0 bridgehead atoms. The zero-order valence-corrected chi connectivity index (χ0v) is 8.02. The monoisotopic (exact) mass is 187 g/mol. The molecule has 72 valence electrons. The van der Waals surface area contributed by atoms with Gasteiger partial charge in [0.05, 0.1) is 0 Å². The SMILES string of the molecule is [CH][C@@H]1CCC(=O)N1Cc1ccccc1. The summed E-state index contributed by atoms with van der Waals surface area (Å²) in [5.41, 5.74) is 1.14. The first-order valence-electron chi connectivity index (χ1n) is 4.86. The first-order chi connectivity index (χ1) is 6.77. The molecular formula is C12H13NO. The summed E-state index contributed by atoms with van der Waals surface area (Å²) < 4.78 is 0. The van der Waals surface area contributed by atoms with E-state index >= 15 is 0 Å². The Labute approximate surface area is 84.5 Å². The Morgan fingerprint density at radius 3 is 2.64 bits per heavy atom. The van der Waals surface area contributed by atoms with Gasteiger partial charge >= 0.3 is 0 Å². The van der Waals surface area contributed by atoms with Gasteiger partial charge in [-0.15, -0.1) is 0 Å². The van der Waals surface area contributed by atoms with E-state index in [2.05, 4.69) is 0 Å². The second-order valence-corrected chi connectivity index (χ2v) is 3.61. The molecule has 0 unspecified atom stereocenters. The summed E-state index contributed by atoms with van der Waals surface area (Å²) in [6.07, 6.45) is 1.37. The van der Waals surface area contributed by atoms with Crippen molar-refractivity contribution in [3.8, 4) is 0 Å². The van der Waals surface area contributed by atoms with Gasteiger partial charge in [0, 0.05) is 19.0 Å². The predicted molar refractivity (Wildman–Crippen MR) is 54.3 cm³/mol. The maximum Gasteiger partial charge on any atom is 0.223 e. The molecular weight excluding hydrogens is 174 g/mol. The van der Waals surface area contributed by atoms with Crippen LogP contribution in [0.15, 0.2) is 30.3 Å². The van der Waals surface area contributed by atoms with Crippen molar-refractivity contribution in [2.24, 2.45) is 0 Å². The van der Waals surface area contributed by atoms with Gasteiger partial charge in [-0.1, -0.05) is 30.3 Å². The molecule has 0 aliphatic carbocycles. The second-order valence-electron chi connectivity index (χ2n) is 3.61. The molecule has 0 spiro atoms. The topological polar surface area (TPSA) is 20.3 Å². The second kappa shape index (κ2) is 3.82. The van der Waals surface area contributed by atoms with Gasteiger partial charge in [0.1, 0.15) is 0 Å². The van der Waals surface area contributed by atoms with Gasteiger partial charge < -0.3 is 4.90 Å². The lowest BCUT2D eigenvalue weighted by atomic mass is 10.2. The Kier molecular flexibility index (Phi) is 2.53. The predicted octanol–water partition coefficient (Wildman–Crippen LogP) is 1.89. The Morgan fingerprint density at radius 2 is 2.07 bits per heavy atom. The van der Waals surface area contributed by atoms with Gasteiger partial charge in [0.15, 0.2) is 0 Å². The Balaban J connectivity index is 2.07. The van der Waals surface area contributed by atoms with E-state index in [0.29, 0.717) is 13.0 Å². The summed E-state index contributed by atoms with van der Waals surface area (Å²) in [4.78, 5) is 13.2. The lowest BCUT2D eigenvalue weighted by Gasteiger charge is -2.21. The molecule has 1 fully saturated rings. The zero-order chi connectivity index (χ0) is 9.97. The van der Waals surface area contributed by atoms with Crippen LogP contribution in [0, 0.1) is 6.92 Å². The van der Waals surface area contributed by atoms with Gasteiger partial charge in [0.2, 0.25) is 5.91 Å². The fraction of sp³-hybridized carbons (Fsp3) is 0.333. The van der Waals surface area contributed by atoms with E-state index in [1.54, 1.807) is 4.90 Å². The first-order valence-corrected chi connectivity index (χ1v) is 4.86. The number of carbonyl (C=O) groups is 1. The highest BCUT2D eigenvalue weighted by molar-refractivity contribution is 5.78. The van der Waals surface area contributed by atoms with Crippen LogP contribution in [-0.2, 0) is 11.3 Å². The van der Waals surface area contributed by atoms with Crippen LogP contribution < -0.4 is 0 Å². The van der Waals surface area contributed by atoms with Gasteiger partial charge in [-0.05, 0) is 18.9 Å². The minimum Gasteiger partial charge on any atom is -0.335 e. The number of amides is 1.